The van der Waals surface area contributed by atoms with Gasteiger partial charge in [-0.05, 0) is 19.9 Å². The Hall–Kier alpha value is -0.910. The molecule has 0 radical (unpaired) electrons. The molecule has 0 saturated carbocycles. The van der Waals surface area contributed by atoms with Crippen LogP contribution in [0.4, 0.5) is 0 Å². The number of aromatic nitrogens is 2. The molecular formula is C12H21N3O2. The monoisotopic (exact) mass is 239 g/mol. The topological polar surface area (TPSA) is 62.3 Å². The zero-order chi connectivity index (χ0) is 12.3. The average molecular weight is 239 g/mol. The molecule has 17 heavy (non-hydrogen) atoms. The van der Waals surface area contributed by atoms with E-state index in [-0.39, 0.29) is 12.3 Å². The van der Waals surface area contributed by atoms with Crippen molar-refractivity contribution >= 4 is 0 Å². The van der Waals surface area contributed by atoms with Crippen molar-refractivity contribution in [2.75, 3.05) is 13.2 Å². The molecule has 2 rings (SSSR count). The molecule has 0 aliphatic carbocycles. The molecule has 2 heterocycles. The third kappa shape index (κ3) is 3.28. The molecule has 0 spiro atoms. The summed E-state index contributed by atoms with van der Waals surface area (Å²) in [5.41, 5.74) is 8.35. The minimum atomic E-state index is -0.121. The Labute approximate surface area is 102 Å². The second-order valence-electron chi connectivity index (χ2n) is 4.46. The number of rotatable bonds is 5. The van der Waals surface area contributed by atoms with E-state index in [0.29, 0.717) is 13.2 Å². The summed E-state index contributed by atoms with van der Waals surface area (Å²) in [7, 11) is 0. The second kappa shape index (κ2) is 5.62. The van der Waals surface area contributed by atoms with Crippen LogP contribution in [0.3, 0.4) is 0 Å². The molecule has 2 N–H and O–H groups in total. The Morgan fingerprint density at radius 3 is 2.88 bits per heavy atom. The van der Waals surface area contributed by atoms with Gasteiger partial charge in [0, 0.05) is 31.1 Å². The van der Waals surface area contributed by atoms with E-state index in [1.807, 2.05) is 11.6 Å². The minimum absolute atomic E-state index is 0.0551. The first-order valence-corrected chi connectivity index (χ1v) is 6.21. The summed E-state index contributed by atoms with van der Waals surface area (Å²) in [4.78, 5) is 0. The Morgan fingerprint density at radius 2 is 2.24 bits per heavy atom. The van der Waals surface area contributed by atoms with Gasteiger partial charge in [0.25, 0.3) is 0 Å². The molecule has 96 valence electrons. The molecule has 1 aliphatic heterocycles. The van der Waals surface area contributed by atoms with E-state index in [2.05, 4.69) is 18.1 Å². The van der Waals surface area contributed by atoms with Crippen LogP contribution in [-0.4, -0.2) is 35.3 Å². The van der Waals surface area contributed by atoms with Crippen molar-refractivity contribution in [2.45, 2.75) is 45.6 Å². The first-order valence-electron chi connectivity index (χ1n) is 6.21. The molecule has 0 amide bonds. The van der Waals surface area contributed by atoms with Crippen molar-refractivity contribution < 1.29 is 9.47 Å². The molecule has 5 heteroatoms. The number of nitrogens with two attached hydrogens (primary N) is 1. The third-order valence-electron chi connectivity index (χ3n) is 2.94. The molecule has 1 saturated heterocycles. The van der Waals surface area contributed by atoms with E-state index < -0.39 is 0 Å². The van der Waals surface area contributed by atoms with Crippen molar-refractivity contribution in [1.82, 2.24) is 9.78 Å². The number of aryl methyl sites for hydroxylation is 2. The van der Waals surface area contributed by atoms with Crippen molar-refractivity contribution in [3.63, 3.8) is 0 Å². The first kappa shape index (κ1) is 12.5. The molecule has 1 atom stereocenters. The maximum Gasteiger partial charge on any atom is 0.159 e. The van der Waals surface area contributed by atoms with Crippen molar-refractivity contribution in [1.29, 1.82) is 0 Å². The van der Waals surface area contributed by atoms with Gasteiger partial charge in [0.15, 0.2) is 6.29 Å². The zero-order valence-corrected chi connectivity index (χ0v) is 10.6. The molecule has 1 fully saturated rings. The summed E-state index contributed by atoms with van der Waals surface area (Å²) in [6, 6.07) is 2.15. The minimum Gasteiger partial charge on any atom is -0.350 e. The Kier molecular flexibility index (Phi) is 4.15. The number of hydrogen-bond donors (Lipinski definition) is 1. The maximum absolute atomic E-state index is 6.12. The fourth-order valence-electron chi connectivity index (χ4n) is 2.18. The lowest BCUT2D eigenvalue weighted by Gasteiger charge is -2.16. The highest BCUT2D eigenvalue weighted by Gasteiger charge is 2.20. The SMILES string of the molecule is CCn1nc(C)cc1CC(N)CC1OCCO1. The fourth-order valence-corrected chi connectivity index (χ4v) is 2.18. The number of nitrogens with zero attached hydrogens (tertiary/aromatic N) is 2. The Balaban J connectivity index is 1.90. The number of hydrogen-bond acceptors (Lipinski definition) is 4. The van der Waals surface area contributed by atoms with E-state index in [9.17, 15) is 0 Å². The van der Waals surface area contributed by atoms with Crippen LogP contribution >= 0.6 is 0 Å². The van der Waals surface area contributed by atoms with Crippen LogP contribution in [0.15, 0.2) is 6.07 Å². The third-order valence-corrected chi connectivity index (χ3v) is 2.94. The molecule has 1 aliphatic rings. The van der Waals surface area contributed by atoms with Crippen molar-refractivity contribution in [2.24, 2.45) is 5.73 Å². The van der Waals surface area contributed by atoms with Gasteiger partial charge in [-0.25, -0.2) is 0 Å². The first-order chi connectivity index (χ1) is 8.19. The predicted molar refractivity (Wildman–Crippen MR) is 64.6 cm³/mol. The quantitative estimate of drug-likeness (QED) is 0.827. The lowest BCUT2D eigenvalue weighted by atomic mass is 10.1. The average Bonchev–Trinajstić information content (AvgIpc) is 2.88. The summed E-state index contributed by atoms with van der Waals surface area (Å²) in [6.45, 7) is 6.34. The van der Waals surface area contributed by atoms with E-state index in [1.54, 1.807) is 0 Å². The summed E-state index contributed by atoms with van der Waals surface area (Å²) < 4.78 is 12.8. The molecule has 1 aromatic rings. The summed E-state index contributed by atoms with van der Waals surface area (Å²) in [5, 5.41) is 4.41. The van der Waals surface area contributed by atoms with Crippen LogP contribution in [0.25, 0.3) is 0 Å². The van der Waals surface area contributed by atoms with Crippen LogP contribution in [0, 0.1) is 6.92 Å². The van der Waals surface area contributed by atoms with E-state index in [1.165, 1.54) is 5.69 Å². The Morgan fingerprint density at radius 1 is 1.53 bits per heavy atom. The highest BCUT2D eigenvalue weighted by Crippen LogP contribution is 2.13. The molecule has 1 aromatic heterocycles. The van der Waals surface area contributed by atoms with Crippen LogP contribution in [-0.2, 0) is 22.4 Å². The van der Waals surface area contributed by atoms with Gasteiger partial charge in [0.1, 0.15) is 0 Å². The Bertz CT molecular complexity index is 359. The van der Waals surface area contributed by atoms with Gasteiger partial charge in [-0.3, -0.25) is 4.68 Å². The molecule has 0 bridgehead atoms. The van der Waals surface area contributed by atoms with Crippen molar-refractivity contribution in [3.8, 4) is 0 Å². The van der Waals surface area contributed by atoms with Crippen LogP contribution < -0.4 is 5.73 Å². The normalized spacial score (nSPS) is 18.8. The zero-order valence-electron chi connectivity index (χ0n) is 10.6. The van der Waals surface area contributed by atoms with Gasteiger partial charge >= 0.3 is 0 Å². The predicted octanol–water partition coefficient (Wildman–Crippen LogP) is 0.844. The number of ether oxygens (including phenoxy) is 2. The van der Waals surface area contributed by atoms with Crippen LogP contribution in [0.5, 0.6) is 0 Å². The lowest BCUT2D eigenvalue weighted by molar-refractivity contribution is -0.0505. The molecule has 5 nitrogen and oxygen atoms in total. The van der Waals surface area contributed by atoms with Gasteiger partial charge in [0.05, 0.1) is 18.9 Å². The largest absolute Gasteiger partial charge is 0.350 e. The van der Waals surface area contributed by atoms with Gasteiger partial charge in [0.2, 0.25) is 0 Å². The summed E-state index contributed by atoms with van der Waals surface area (Å²) in [5.74, 6) is 0. The highest BCUT2D eigenvalue weighted by molar-refractivity contribution is 5.10. The molecule has 0 aromatic carbocycles. The van der Waals surface area contributed by atoms with E-state index >= 15 is 0 Å². The smallest absolute Gasteiger partial charge is 0.159 e. The summed E-state index contributed by atoms with van der Waals surface area (Å²) in [6.07, 6.45) is 1.44. The van der Waals surface area contributed by atoms with E-state index in [4.69, 9.17) is 15.2 Å². The van der Waals surface area contributed by atoms with Gasteiger partial charge in [-0.2, -0.15) is 5.10 Å². The van der Waals surface area contributed by atoms with Crippen LogP contribution in [0.1, 0.15) is 24.7 Å². The molecule has 1 unspecified atom stereocenters. The lowest BCUT2D eigenvalue weighted by Crippen LogP contribution is -2.29. The highest BCUT2D eigenvalue weighted by atomic mass is 16.7. The van der Waals surface area contributed by atoms with Gasteiger partial charge in [-0.15, -0.1) is 0 Å². The van der Waals surface area contributed by atoms with Crippen LogP contribution in [0.2, 0.25) is 0 Å². The van der Waals surface area contributed by atoms with Gasteiger partial charge in [-0.1, -0.05) is 0 Å². The maximum atomic E-state index is 6.12. The van der Waals surface area contributed by atoms with Crippen molar-refractivity contribution in [3.05, 3.63) is 17.5 Å². The summed E-state index contributed by atoms with van der Waals surface area (Å²) >= 11 is 0. The molecular weight excluding hydrogens is 218 g/mol. The standard InChI is InChI=1S/C12H21N3O2/c1-3-15-11(6-9(2)14-15)7-10(13)8-12-16-4-5-17-12/h6,10,12H,3-5,7-8,13H2,1-2H3. The van der Waals surface area contributed by atoms with E-state index in [0.717, 1.165) is 25.1 Å². The second-order valence-corrected chi connectivity index (χ2v) is 4.46. The van der Waals surface area contributed by atoms with Gasteiger partial charge < -0.3 is 15.2 Å². The fraction of sp³-hybridized carbons (Fsp3) is 0.750.